The lowest BCUT2D eigenvalue weighted by molar-refractivity contribution is 0.498. The first-order chi connectivity index (χ1) is 9.65. The van der Waals surface area contributed by atoms with Crippen LogP contribution in [0.25, 0.3) is 10.9 Å². The van der Waals surface area contributed by atoms with Crippen molar-refractivity contribution in [3.05, 3.63) is 39.9 Å². The van der Waals surface area contributed by atoms with Gasteiger partial charge in [-0.3, -0.25) is 9.36 Å². The van der Waals surface area contributed by atoms with Gasteiger partial charge in [0, 0.05) is 18.0 Å². The zero-order valence-corrected chi connectivity index (χ0v) is 11.3. The standard InChI is InChI=1S/C14H11ClN4O/c15-11-3-4-13-12(6-11)14(20)19(9-18-13)8-10(7-17)2-1-5-16/h3-4,6,9-10H,1-2,8H2/t10-/m0/s1. The maximum Gasteiger partial charge on any atom is 0.261 e. The molecule has 0 saturated heterocycles. The molecule has 0 fully saturated rings. The Bertz CT molecular complexity index is 769. The highest BCUT2D eigenvalue weighted by molar-refractivity contribution is 6.31. The molecule has 1 heterocycles. The number of rotatable bonds is 4. The third kappa shape index (κ3) is 2.96. The van der Waals surface area contributed by atoms with E-state index in [4.69, 9.17) is 22.1 Å². The molecule has 20 heavy (non-hydrogen) atoms. The molecule has 0 bridgehead atoms. The number of nitriles is 2. The Morgan fingerprint density at radius 3 is 2.90 bits per heavy atom. The van der Waals surface area contributed by atoms with Crippen molar-refractivity contribution in [3.63, 3.8) is 0 Å². The SMILES string of the molecule is N#CCC[C@@H](C#N)Cn1cnc2ccc(Cl)cc2c1=O. The fraction of sp³-hybridized carbons (Fsp3) is 0.286. The molecule has 2 rings (SSSR count). The van der Waals surface area contributed by atoms with Crippen LogP contribution in [0.4, 0.5) is 0 Å². The van der Waals surface area contributed by atoms with Gasteiger partial charge in [-0.2, -0.15) is 10.5 Å². The van der Waals surface area contributed by atoms with Crippen LogP contribution in [0.1, 0.15) is 12.8 Å². The molecule has 0 aliphatic carbocycles. The van der Waals surface area contributed by atoms with E-state index in [0.717, 1.165) is 0 Å². The molecule has 1 aromatic carbocycles. The van der Waals surface area contributed by atoms with Crippen molar-refractivity contribution in [2.24, 2.45) is 5.92 Å². The smallest absolute Gasteiger partial charge is 0.261 e. The number of hydrogen-bond donors (Lipinski definition) is 0. The summed E-state index contributed by atoms with van der Waals surface area (Å²) in [4.78, 5) is 16.5. The zero-order valence-electron chi connectivity index (χ0n) is 10.6. The van der Waals surface area contributed by atoms with Crippen molar-refractivity contribution in [1.82, 2.24) is 9.55 Å². The van der Waals surface area contributed by atoms with Gasteiger partial charge < -0.3 is 0 Å². The van der Waals surface area contributed by atoms with Gasteiger partial charge in [0.25, 0.3) is 5.56 Å². The summed E-state index contributed by atoms with van der Waals surface area (Å²) in [5.74, 6) is -0.384. The second-order valence-corrected chi connectivity index (χ2v) is 4.82. The average molecular weight is 287 g/mol. The molecule has 0 spiro atoms. The van der Waals surface area contributed by atoms with Crippen LogP contribution in [0.3, 0.4) is 0 Å². The monoisotopic (exact) mass is 286 g/mol. The summed E-state index contributed by atoms with van der Waals surface area (Å²) in [6.07, 6.45) is 2.15. The maximum absolute atomic E-state index is 12.3. The van der Waals surface area contributed by atoms with E-state index in [1.807, 2.05) is 6.07 Å². The molecule has 1 atom stereocenters. The average Bonchev–Trinajstić information content (AvgIpc) is 2.46. The quantitative estimate of drug-likeness (QED) is 0.864. The summed E-state index contributed by atoms with van der Waals surface area (Å²) in [7, 11) is 0. The number of aromatic nitrogens is 2. The summed E-state index contributed by atoms with van der Waals surface area (Å²) in [5.41, 5.74) is 0.343. The van der Waals surface area contributed by atoms with Gasteiger partial charge in [0.05, 0.1) is 35.3 Å². The van der Waals surface area contributed by atoms with Gasteiger partial charge in [-0.05, 0) is 24.6 Å². The van der Waals surface area contributed by atoms with Crippen LogP contribution in [0.2, 0.25) is 5.02 Å². The van der Waals surface area contributed by atoms with Gasteiger partial charge in [0.2, 0.25) is 0 Å². The Morgan fingerprint density at radius 1 is 1.40 bits per heavy atom. The van der Waals surface area contributed by atoms with Crippen molar-refractivity contribution in [3.8, 4) is 12.1 Å². The van der Waals surface area contributed by atoms with Gasteiger partial charge in [0.15, 0.2) is 0 Å². The number of nitrogens with zero attached hydrogens (tertiary/aromatic N) is 4. The van der Waals surface area contributed by atoms with E-state index in [0.29, 0.717) is 28.8 Å². The molecule has 0 N–H and O–H groups in total. The van der Waals surface area contributed by atoms with Crippen LogP contribution in [0.15, 0.2) is 29.3 Å². The summed E-state index contributed by atoms with van der Waals surface area (Å²) < 4.78 is 1.39. The lowest BCUT2D eigenvalue weighted by atomic mass is 10.1. The highest BCUT2D eigenvalue weighted by atomic mass is 35.5. The third-order valence-electron chi connectivity index (χ3n) is 2.99. The molecule has 100 valence electrons. The summed E-state index contributed by atoms with van der Waals surface area (Å²) in [6, 6.07) is 9.03. The van der Waals surface area contributed by atoms with Crippen molar-refractivity contribution < 1.29 is 0 Å². The summed E-state index contributed by atoms with van der Waals surface area (Å²) >= 11 is 5.88. The molecule has 0 aliphatic rings. The van der Waals surface area contributed by atoms with Gasteiger partial charge in [0.1, 0.15) is 0 Å². The fourth-order valence-corrected chi connectivity index (χ4v) is 2.11. The van der Waals surface area contributed by atoms with Crippen LogP contribution in [0.5, 0.6) is 0 Å². The second-order valence-electron chi connectivity index (χ2n) is 4.39. The predicted molar refractivity (Wildman–Crippen MR) is 75.0 cm³/mol. The summed E-state index contributed by atoms with van der Waals surface area (Å²) in [5, 5.41) is 18.5. The van der Waals surface area contributed by atoms with E-state index < -0.39 is 0 Å². The van der Waals surface area contributed by atoms with Gasteiger partial charge >= 0.3 is 0 Å². The lowest BCUT2D eigenvalue weighted by Crippen LogP contribution is -2.24. The van der Waals surface area contributed by atoms with E-state index >= 15 is 0 Å². The first-order valence-electron chi connectivity index (χ1n) is 6.07. The molecule has 6 heteroatoms. The highest BCUT2D eigenvalue weighted by Gasteiger charge is 2.11. The molecule has 2 aromatic rings. The minimum Gasteiger partial charge on any atom is -0.297 e. The minimum absolute atomic E-state index is 0.227. The molecular formula is C14H11ClN4O. The Morgan fingerprint density at radius 2 is 2.20 bits per heavy atom. The Labute approximate surface area is 120 Å². The first-order valence-corrected chi connectivity index (χ1v) is 6.44. The lowest BCUT2D eigenvalue weighted by Gasteiger charge is -2.10. The van der Waals surface area contributed by atoms with E-state index in [1.54, 1.807) is 18.2 Å². The minimum atomic E-state index is -0.384. The van der Waals surface area contributed by atoms with E-state index in [1.165, 1.54) is 10.9 Å². The maximum atomic E-state index is 12.3. The Hall–Kier alpha value is -2.37. The Balaban J connectivity index is 2.36. The Kier molecular flexibility index (Phi) is 4.34. The number of benzene rings is 1. The van der Waals surface area contributed by atoms with E-state index in [-0.39, 0.29) is 18.0 Å². The number of hydrogen-bond acceptors (Lipinski definition) is 4. The highest BCUT2D eigenvalue weighted by Crippen LogP contribution is 2.14. The van der Waals surface area contributed by atoms with E-state index in [9.17, 15) is 4.79 Å². The van der Waals surface area contributed by atoms with Crippen LogP contribution in [-0.4, -0.2) is 9.55 Å². The third-order valence-corrected chi connectivity index (χ3v) is 3.23. The van der Waals surface area contributed by atoms with Crippen LogP contribution < -0.4 is 5.56 Å². The molecule has 0 amide bonds. The number of fused-ring (bicyclic) bond motifs is 1. The van der Waals surface area contributed by atoms with Crippen molar-refractivity contribution >= 4 is 22.5 Å². The number of halogens is 1. The zero-order chi connectivity index (χ0) is 14.5. The van der Waals surface area contributed by atoms with Crippen molar-refractivity contribution in [2.45, 2.75) is 19.4 Å². The first kappa shape index (κ1) is 14.0. The van der Waals surface area contributed by atoms with Crippen LogP contribution in [-0.2, 0) is 6.54 Å². The molecule has 0 radical (unpaired) electrons. The van der Waals surface area contributed by atoms with Crippen molar-refractivity contribution in [2.75, 3.05) is 0 Å². The molecule has 0 aliphatic heterocycles. The van der Waals surface area contributed by atoms with Crippen LogP contribution in [0, 0.1) is 28.6 Å². The van der Waals surface area contributed by atoms with Gasteiger partial charge in [-0.1, -0.05) is 11.6 Å². The molecule has 0 unspecified atom stereocenters. The normalized spacial score (nSPS) is 11.8. The van der Waals surface area contributed by atoms with Gasteiger partial charge in [-0.15, -0.1) is 0 Å². The topological polar surface area (TPSA) is 82.5 Å². The molecule has 5 nitrogen and oxygen atoms in total. The van der Waals surface area contributed by atoms with Crippen LogP contribution >= 0.6 is 11.6 Å². The predicted octanol–water partition coefficient (Wildman–Crippen LogP) is 2.49. The second kappa shape index (κ2) is 6.18. The van der Waals surface area contributed by atoms with Gasteiger partial charge in [-0.25, -0.2) is 4.98 Å². The van der Waals surface area contributed by atoms with Crippen molar-refractivity contribution in [1.29, 1.82) is 10.5 Å². The summed E-state index contributed by atoms with van der Waals surface area (Å²) in [6.45, 7) is 0.229. The largest absolute Gasteiger partial charge is 0.297 e. The molecular weight excluding hydrogens is 276 g/mol. The van der Waals surface area contributed by atoms with E-state index in [2.05, 4.69) is 11.1 Å². The fourth-order valence-electron chi connectivity index (χ4n) is 1.93. The molecule has 1 aromatic heterocycles. The molecule has 0 saturated carbocycles.